The number of nitrogens with one attached hydrogen (secondary N) is 1. The summed E-state index contributed by atoms with van der Waals surface area (Å²) in [5, 5.41) is 4.17. The lowest BCUT2D eigenvalue weighted by atomic mass is 10.2. The van der Waals surface area contributed by atoms with Crippen molar-refractivity contribution < 1.29 is 13.2 Å². The van der Waals surface area contributed by atoms with E-state index in [0.29, 0.717) is 11.1 Å². The first-order valence-electron chi connectivity index (χ1n) is 8.81. The Hall–Kier alpha value is -2.87. The van der Waals surface area contributed by atoms with Crippen LogP contribution in [0.2, 0.25) is 0 Å². The topological polar surface area (TPSA) is 83.8 Å². The van der Waals surface area contributed by atoms with E-state index in [0.717, 1.165) is 31.6 Å². The number of aryl methyl sites for hydroxylation is 1. The van der Waals surface area contributed by atoms with Crippen molar-refractivity contribution in [3.05, 3.63) is 59.9 Å². The van der Waals surface area contributed by atoms with Gasteiger partial charge < -0.3 is 4.90 Å². The molecule has 1 amide bonds. The number of benzene rings is 1. The molecule has 0 saturated carbocycles. The molecule has 0 unspecified atom stereocenters. The van der Waals surface area contributed by atoms with Crippen molar-refractivity contribution >= 4 is 27.1 Å². The molecular weight excluding hydrogens is 364 g/mol. The molecule has 1 aliphatic rings. The number of nitrogens with zero attached hydrogens (tertiary/aromatic N) is 3. The van der Waals surface area contributed by atoms with Crippen molar-refractivity contribution in [2.24, 2.45) is 0 Å². The molecule has 0 bridgehead atoms. The van der Waals surface area contributed by atoms with Crippen LogP contribution in [0, 0.1) is 6.92 Å². The summed E-state index contributed by atoms with van der Waals surface area (Å²) in [6.45, 7) is 3.65. The van der Waals surface area contributed by atoms with Crippen molar-refractivity contribution in [1.29, 1.82) is 0 Å². The van der Waals surface area contributed by atoms with Crippen LogP contribution in [0.25, 0.3) is 5.52 Å². The molecule has 1 saturated heterocycles. The van der Waals surface area contributed by atoms with Crippen molar-refractivity contribution in [3.8, 4) is 0 Å². The zero-order valence-corrected chi connectivity index (χ0v) is 15.7. The fraction of sp³-hybridized carbons (Fsp3) is 0.263. The van der Waals surface area contributed by atoms with Gasteiger partial charge in [0, 0.05) is 25.0 Å². The molecule has 3 aromatic rings. The molecular formula is C19H20N4O3S. The molecule has 1 fully saturated rings. The van der Waals surface area contributed by atoms with E-state index in [1.54, 1.807) is 35.8 Å². The molecule has 0 atom stereocenters. The molecule has 1 N–H and O–H groups in total. The van der Waals surface area contributed by atoms with E-state index in [2.05, 4.69) is 14.7 Å². The van der Waals surface area contributed by atoms with Gasteiger partial charge in [0.1, 0.15) is 0 Å². The highest BCUT2D eigenvalue weighted by Gasteiger charge is 2.23. The summed E-state index contributed by atoms with van der Waals surface area (Å²) in [6, 6.07) is 10.4. The molecule has 2 aromatic heterocycles. The molecule has 8 heteroatoms. The number of hydrogen-bond donors (Lipinski definition) is 1. The van der Waals surface area contributed by atoms with Gasteiger partial charge >= 0.3 is 0 Å². The van der Waals surface area contributed by atoms with E-state index in [1.165, 1.54) is 12.3 Å². The molecule has 0 aliphatic carbocycles. The third-order valence-corrected chi connectivity index (χ3v) is 6.32. The monoisotopic (exact) mass is 384 g/mol. The van der Waals surface area contributed by atoms with Crippen LogP contribution in [0.1, 0.15) is 28.8 Å². The number of fused-ring (bicyclic) bond motifs is 1. The van der Waals surface area contributed by atoms with Crippen LogP contribution in [0.4, 0.5) is 5.69 Å². The number of amides is 1. The highest BCUT2D eigenvalue weighted by Crippen LogP contribution is 2.23. The Morgan fingerprint density at radius 2 is 1.89 bits per heavy atom. The number of pyridine rings is 1. The van der Waals surface area contributed by atoms with Crippen molar-refractivity contribution in [2.45, 2.75) is 24.7 Å². The van der Waals surface area contributed by atoms with Crippen LogP contribution in [0.15, 0.2) is 53.7 Å². The predicted molar refractivity (Wildman–Crippen MR) is 102 cm³/mol. The molecule has 7 nitrogen and oxygen atoms in total. The van der Waals surface area contributed by atoms with Gasteiger partial charge in [0.2, 0.25) is 0 Å². The van der Waals surface area contributed by atoms with Gasteiger partial charge in [-0.05, 0) is 43.5 Å². The molecule has 3 heterocycles. The second-order valence-electron chi connectivity index (χ2n) is 6.67. The number of sulfonamides is 1. The van der Waals surface area contributed by atoms with Gasteiger partial charge in [-0.1, -0.05) is 18.2 Å². The first kappa shape index (κ1) is 17.5. The lowest BCUT2D eigenvalue weighted by Crippen LogP contribution is -2.31. The summed E-state index contributed by atoms with van der Waals surface area (Å²) in [4.78, 5) is 15.0. The van der Waals surface area contributed by atoms with Crippen LogP contribution in [0.5, 0.6) is 0 Å². The maximum absolute atomic E-state index is 12.7. The second kappa shape index (κ2) is 6.70. The molecule has 140 valence electrons. The maximum atomic E-state index is 12.7. The third-order valence-electron chi connectivity index (χ3n) is 4.83. The number of hydrogen-bond acceptors (Lipinski definition) is 5. The fourth-order valence-electron chi connectivity index (χ4n) is 3.41. The van der Waals surface area contributed by atoms with Gasteiger partial charge in [0.05, 0.1) is 22.2 Å². The minimum atomic E-state index is -3.96. The van der Waals surface area contributed by atoms with E-state index in [1.807, 2.05) is 12.1 Å². The van der Waals surface area contributed by atoms with E-state index in [-0.39, 0.29) is 10.5 Å². The Morgan fingerprint density at radius 1 is 1.15 bits per heavy atom. The highest BCUT2D eigenvalue weighted by atomic mass is 32.2. The molecule has 4 rings (SSSR count). The summed E-state index contributed by atoms with van der Waals surface area (Å²) in [5.41, 5.74) is 2.40. The normalized spacial score (nSPS) is 14.6. The Bertz CT molecular complexity index is 1110. The molecule has 27 heavy (non-hydrogen) atoms. The smallest absolute Gasteiger partial charge is 0.268 e. The predicted octanol–water partition coefficient (Wildman–Crippen LogP) is 2.36. The quantitative estimate of drug-likeness (QED) is 0.747. The van der Waals surface area contributed by atoms with Crippen LogP contribution in [-0.4, -0.2) is 37.0 Å². The number of carbonyl (C=O) groups excluding carboxylic acids is 1. The fourth-order valence-corrected chi connectivity index (χ4v) is 4.62. The number of aromatic nitrogens is 2. The zero-order chi connectivity index (χ0) is 19.0. The average Bonchev–Trinajstić information content (AvgIpc) is 3.30. The van der Waals surface area contributed by atoms with Crippen LogP contribution in [-0.2, 0) is 10.0 Å². The minimum absolute atomic E-state index is 0.0904. The van der Waals surface area contributed by atoms with E-state index in [9.17, 15) is 13.2 Å². The van der Waals surface area contributed by atoms with Gasteiger partial charge in [0.15, 0.2) is 0 Å². The van der Waals surface area contributed by atoms with Gasteiger partial charge in [-0.15, -0.1) is 0 Å². The van der Waals surface area contributed by atoms with Gasteiger partial charge in [-0.25, -0.2) is 17.7 Å². The SMILES string of the molecule is Cc1ccccc1S(=O)(=O)NC(=O)c1cnn2ccc(N3CCCC3)cc12. The lowest BCUT2D eigenvalue weighted by Gasteiger charge is -2.17. The summed E-state index contributed by atoms with van der Waals surface area (Å²) in [6.07, 6.45) is 5.47. The molecule has 0 spiro atoms. The summed E-state index contributed by atoms with van der Waals surface area (Å²) < 4.78 is 28.9. The number of rotatable bonds is 4. The van der Waals surface area contributed by atoms with Crippen LogP contribution >= 0.6 is 0 Å². The highest BCUT2D eigenvalue weighted by molar-refractivity contribution is 7.90. The van der Waals surface area contributed by atoms with Crippen molar-refractivity contribution in [3.63, 3.8) is 0 Å². The van der Waals surface area contributed by atoms with Crippen LogP contribution < -0.4 is 9.62 Å². The Balaban J connectivity index is 1.66. The largest absolute Gasteiger partial charge is 0.371 e. The number of anilines is 1. The van der Waals surface area contributed by atoms with Crippen molar-refractivity contribution in [1.82, 2.24) is 14.3 Å². The number of carbonyl (C=O) groups is 1. The minimum Gasteiger partial charge on any atom is -0.371 e. The zero-order valence-electron chi connectivity index (χ0n) is 14.9. The third kappa shape index (κ3) is 3.28. The van der Waals surface area contributed by atoms with Crippen LogP contribution in [0.3, 0.4) is 0 Å². The molecule has 1 aromatic carbocycles. The first-order chi connectivity index (χ1) is 13.0. The summed E-state index contributed by atoms with van der Waals surface area (Å²) in [5.74, 6) is -0.688. The lowest BCUT2D eigenvalue weighted by molar-refractivity contribution is 0.0983. The summed E-state index contributed by atoms with van der Waals surface area (Å²) >= 11 is 0. The van der Waals surface area contributed by atoms with E-state index < -0.39 is 15.9 Å². The van der Waals surface area contributed by atoms with E-state index in [4.69, 9.17) is 0 Å². The second-order valence-corrected chi connectivity index (χ2v) is 8.32. The average molecular weight is 384 g/mol. The Kier molecular flexibility index (Phi) is 4.35. The van der Waals surface area contributed by atoms with Gasteiger partial charge in [0.25, 0.3) is 15.9 Å². The first-order valence-corrected chi connectivity index (χ1v) is 10.3. The van der Waals surface area contributed by atoms with Gasteiger partial charge in [-0.2, -0.15) is 5.10 Å². The Morgan fingerprint density at radius 3 is 2.63 bits per heavy atom. The maximum Gasteiger partial charge on any atom is 0.268 e. The molecule has 0 radical (unpaired) electrons. The molecule has 1 aliphatic heterocycles. The van der Waals surface area contributed by atoms with Gasteiger partial charge in [-0.3, -0.25) is 4.79 Å². The Labute approximate surface area is 157 Å². The summed E-state index contributed by atoms with van der Waals surface area (Å²) in [7, 11) is -3.96. The van der Waals surface area contributed by atoms with E-state index >= 15 is 0 Å². The van der Waals surface area contributed by atoms with Crippen molar-refractivity contribution in [2.75, 3.05) is 18.0 Å². The standard InChI is InChI=1S/C19H20N4O3S/c1-14-6-2-3-7-18(14)27(25,26)21-19(24)16-13-20-23-11-8-15(12-17(16)23)22-9-4-5-10-22/h2-3,6-8,11-13H,4-5,9-10H2,1H3,(H,21,24).